The summed E-state index contributed by atoms with van der Waals surface area (Å²) in [7, 11) is 0. The summed E-state index contributed by atoms with van der Waals surface area (Å²) in [4.78, 5) is 2.04. The Kier molecular flexibility index (Phi) is 4.09. The number of rotatable bonds is 4. The summed E-state index contributed by atoms with van der Waals surface area (Å²) in [5, 5.41) is 27.5. The summed E-state index contributed by atoms with van der Waals surface area (Å²) in [6.45, 7) is 5.81. The largest absolute Gasteiger partial charge is 0.389 e. The van der Waals surface area contributed by atoms with Gasteiger partial charge in [0.1, 0.15) is 0 Å². The van der Waals surface area contributed by atoms with E-state index < -0.39 is 12.2 Å². The molecule has 1 aliphatic rings. The highest BCUT2D eigenvalue weighted by Crippen LogP contribution is 2.21. The average molecular weight is 212 g/mol. The zero-order valence-corrected chi connectivity index (χ0v) is 9.48. The Hall–Kier alpha value is -0.630. The van der Waals surface area contributed by atoms with Crippen LogP contribution < -0.4 is 0 Å². The molecule has 1 rings (SSSR count). The monoisotopic (exact) mass is 212 g/mol. The van der Waals surface area contributed by atoms with Crippen LogP contribution in [0.15, 0.2) is 0 Å². The summed E-state index contributed by atoms with van der Waals surface area (Å²) >= 11 is 0. The van der Waals surface area contributed by atoms with E-state index in [4.69, 9.17) is 5.26 Å². The highest BCUT2D eigenvalue weighted by atomic mass is 16.3. The lowest BCUT2D eigenvalue weighted by atomic mass is 9.90. The average Bonchev–Trinajstić information content (AvgIpc) is 2.46. The van der Waals surface area contributed by atoms with Crippen LogP contribution in [0.4, 0.5) is 0 Å². The Morgan fingerprint density at radius 2 is 1.87 bits per heavy atom. The maximum Gasteiger partial charge on any atom is 0.0938 e. The van der Waals surface area contributed by atoms with Gasteiger partial charge in [0.15, 0.2) is 0 Å². The highest BCUT2D eigenvalue weighted by Gasteiger charge is 2.29. The van der Waals surface area contributed by atoms with Gasteiger partial charge >= 0.3 is 0 Å². The molecular formula is C11H20N2O2. The first-order valence-electron chi connectivity index (χ1n) is 5.44. The van der Waals surface area contributed by atoms with Gasteiger partial charge in [-0.2, -0.15) is 5.26 Å². The second kappa shape index (κ2) is 4.93. The quantitative estimate of drug-likeness (QED) is 0.706. The first-order valence-corrected chi connectivity index (χ1v) is 5.44. The molecule has 0 spiro atoms. The number of nitriles is 1. The van der Waals surface area contributed by atoms with E-state index in [1.54, 1.807) is 0 Å². The minimum absolute atomic E-state index is 0.267. The molecule has 0 aromatic carbocycles. The highest BCUT2D eigenvalue weighted by molar-refractivity contribution is 4.92. The van der Waals surface area contributed by atoms with Crippen LogP contribution in [-0.2, 0) is 0 Å². The van der Waals surface area contributed by atoms with E-state index in [2.05, 4.69) is 6.07 Å². The van der Waals surface area contributed by atoms with Crippen molar-refractivity contribution < 1.29 is 10.2 Å². The van der Waals surface area contributed by atoms with Crippen molar-refractivity contribution in [1.29, 1.82) is 5.26 Å². The van der Waals surface area contributed by atoms with Crippen molar-refractivity contribution in [2.75, 3.05) is 19.6 Å². The summed E-state index contributed by atoms with van der Waals surface area (Å²) in [6, 6.07) is 2.27. The summed E-state index contributed by atoms with van der Waals surface area (Å²) in [5.41, 5.74) is -0.267. The molecule has 0 unspecified atom stereocenters. The fourth-order valence-electron chi connectivity index (χ4n) is 1.83. The standard InChI is InChI=1S/C11H20N2O2/c1-11(2,8-12)4-3-5-13-6-9(14)10(15)7-13/h9-10,14-15H,3-7H2,1-2H3/t9-,10+. The van der Waals surface area contributed by atoms with E-state index in [-0.39, 0.29) is 5.41 Å². The van der Waals surface area contributed by atoms with Crippen LogP contribution in [0.5, 0.6) is 0 Å². The molecule has 0 aliphatic carbocycles. The van der Waals surface area contributed by atoms with Gasteiger partial charge in [-0.3, -0.25) is 4.90 Å². The SMILES string of the molecule is CC(C)(C#N)CCCN1C[C@@H](O)[C@@H](O)C1. The van der Waals surface area contributed by atoms with E-state index in [0.29, 0.717) is 13.1 Å². The molecule has 86 valence electrons. The Bertz CT molecular complexity index is 237. The lowest BCUT2D eigenvalue weighted by molar-refractivity contribution is 0.0572. The van der Waals surface area contributed by atoms with Gasteiger partial charge in [0.25, 0.3) is 0 Å². The second-order valence-electron chi connectivity index (χ2n) is 4.99. The van der Waals surface area contributed by atoms with Crippen LogP contribution in [0.2, 0.25) is 0 Å². The molecule has 0 amide bonds. The van der Waals surface area contributed by atoms with Crippen LogP contribution >= 0.6 is 0 Å². The summed E-state index contributed by atoms with van der Waals surface area (Å²) < 4.78 is 0. The smallest absolute Gasteiger partial charge is 0.0938 e. The molecule has 15 heavy (non-hydrogen) atoms. The summed E-state index contributed by atoms with van der Waals surface area (Å²) in [5.74, 6) is 0. The Balaban J connectivity index is 2.20. The third kappa shape index (κ3) is 3.78. The molecule has 2 atom stereocenters. The van der Waals surface area contributed by atoms with Crippen LogP contribution in [-0.4, -0.2) is 47.0 Å². The molecule has 1 fully saturated rings. The molecule has 0 aromatic heterocycles. The third-order valence-corrected chi connectivity index (χ3v) is 2.91. The van der Waals surface area contributed by atoms with Crippen LogP contribution in [0.1, 0.15) is 26.7 Å². The molecular weight excluding hydrogens is 192 g/mol. The van der Waals surface area contributed by atoms with Crippen molar-refractivity contribution in [2.45, 2.75) is 38.9 Å². The van der Waals surface area contributed by atoms with Gasteiger partial charge in [0, 0.05) is 13.1 Å². The normalized spacial score (nSPS) is 27.9. The van der Waals surface area contributed by atoms with Crippen LogP contribution in [0, 0.1) is 16.7 Å². The fourth-order valence-corrected chi connectivity index (χ4v) is 1.83. The third-order valence-electron chi connectivity index (χ3n) is 2.91. The molecule has 4 nitrogen and oxygen atoms in total. The minimum atomic E-state index is -0.603. The van der Waals surface area contributed by atoms with E-state index in [1.807, 2.05) is 18.7 Å². The lowest BCUT2D eigenvalue weighted by Gasteiger charge is -2.18. The number of hydrogen-bond acceptors (Lipinski definition) is 4. The minimum Gasteiger partial charge on any atom is -0.389 e. The molecule has 1 heterocycles. The molecule has 4 heteroatoms. The van der Waals surface area contributed by atoms with Crippen molar-refractivity contribution in [3.05, 3.63) is 0 Å². The molecule has 1 aliphatic heterocycles. The van der Waals surface area contributed by atoms with Crippen molar-refractivity contribution in [3.63, 3.8) is 0 Å². The van der Waals surface area contributed by atoms with Crippen molar-refractivity contribution in [2.24, 2.45) is 5.41 Å². The number of hydrogen-bond donors (Lipinski definition) is 2. The Morgan fingerprint density at radius 1 is 1.33 bits per heavy atom. The van der Waals surface area contributed by atoms with Crippen LogP contribution in [0.3, 0.4) is 0 Å². The second-order valence-corrected chi connectivity index (χ2v) is 4.99. The summed E-state index contributed by atoms with van der Waals surface area (Å²) in [6.07, 6.45) is 0.578. The molecule has 0 aromatic rings. The zero-order valence-electron chi connectivity index (χ0n) is 9.48. The van der Waals surface area contributed by atoms with Gasteiger partial charge in [0.2, 0.25) is 0 Å². The van der Waals surface area contributed by atoms with Gasteiger partial charge in [-0.1, -0.05) is 0 Å². The van der Waals surface area contributed by atoms with E-state index >= 15 is 0 Å². The van der Waals surface area contributed by atoms with E-state index in [9.17, 15) is 10.2 Å². The molecule has 0 radical (unpaired) electrons. The number of likely N-dealkylation sites (tertiary alicyclic amines) is 1. The topological polar surface area (TPSA) is 67.5 Å². The maximum absolute atomic E-state index is 9.33. The number of β-amino-alcohol motifs (C(OH)–C–C–N with tert-alkyl or cyclic N) is 2. The van der Waals surface area contributed by atoms with E-state index in [1.165, 1.54) is 0 Å². The molecule has 0 saturated carbocycles. The predicted molar refractivity (Wildman–Crippen MR) is 57.1 cm³/mol. The number of aliphatic hydroxyl groups excluding tert-OH is 2. The first kappa shape index (κ1) is 12.4. The predicted octanol–water partition coefficient (Wildman–Crippen LogP) is 0.354. The van der Waals surface area contributed by atoms with Gasteiger partial charge in [-0.25, -0.2) is 0 Å². The lowest BCUT2D eigenvalue weighted by Crippen LogP contribution is -2.24. The number of nitrogens with zero attached hydrogens (tertiary/aromatic N) is 2. The van der Waals surface area contributed by atoms with Crippen molar-refractivity contribution >= 4 is 0 Å². The van der Waals surface area contributed by atoms with Gasteiger partial charge < -0.3 is 10.2 Å². The molecule has 1 saturated heterocycles. The Morgan fingerprint density at radius 3 is 2.33 bits per heavy atom. The molecule has 0 bridgehead atoms. The molecule has 2 N–H and O–H groups in total. The Labute approximate surface area is 91.1 Å². The number of aliphatic hydroxyl groups is 2. The van der Waals surface area contributed by atoms with E-state index in [0.717, 1.165) is 19.4 Å². The van der Waals surface area contributed by atoms with Crippen molar-refractivity contribution in [1.82, 2.24) is 4.90 Å². The first-order chi connectivity index (χ1) is 6.94. The maximum atomic E-state index is 9.33. The van der Waals surface area contributed by atoms with Gasteiger partial charge in [0.05, 0.1) is 23.7 Å². The van der Waals surface area contributed by atoms with Gasteiger partial charge in [-0.15, -0.1) is 0 Å². The fraction of sp³-hybridized carbons (Fsp3) is 0.909. The zero-order chi connectivity index (χ0) is 11.5. The van der Waals surface area contributed by atoms with Crippen LogP contribution in [0.25, 0.3) is 0 Å². The van der Waals surface area contributed by atoms with Gasteiger partial charge in [-0.05, 0) is 33.2 Å². The van der Waals surface area contributed by atoms with Crippen molar-refractivity contribution in [3.8, 4) is 6.07 Å².